The molecule has 90 valence electrons. The van der Waals surface area contributed by atoms with Crippen LogP contribution in [-0.4, -0.2) is 24.5 Å². The fraction of sp³-hybridized carbons (Fsp3) is 0.0909. The van der Waals surface area contributed by atoms with Crippen LogP contribution in [-0.2, 0) is 0 Å². The van der Waals surface area contributed by atoms with Gasteiger partial charge in [0.05, 0.1) is 0 Å². The molecule has 0 saturated carbocycles. The van der Waals surface area contributed by atoms with Crippen LogP contribution in [0.15, 0.2) is 31.0 Å². The van der Waals surface area contributed by atoms with Crippen LogP contribution in [0.4, 0.5) is 5.82 Å². The summed E-state index contributed by atoms with van der Waals surface area (Å²) in [5.41, 5.74) is 4.89. The number of rotatable bonds is 2. The summed E-state index contributed by atoms with van der Waals surface area (Å²) in [5, 5.41) is 0. The van der Waals surface area contributed by atoms with Crippen molar-refractivity contribution in [1.82, 2.24) is 24.5 Å². The maximum absolute atomic E-state index is 5.38. The second kappa shape index (κ2) is 4.04. The normalized spacial score (nSPS) is 10.8. The number of aryl methyl sites for hydroxylation is 1. The maximum Gasteiger partial charge on any atom is 0.171 e. The van der Waals surface area contributed by atoms with Gasteiger partial charge in [-0.05, 0) is 24.6 Å². The Bertz CT molecular complexity index is 703. The first kappa shape index (κ1) is 10.6. The Kier molecular flexibility index (Phi) is 2.38. The summed E-state index contributed by atoms with van der Waals surface area (Å²) >= 11 is 0. The molecule has 0 aliphatic rings. The predicted octanol–water partition coefficient (Wildman–Crippen LogP) is 0.805. The minimum Gasteiger partial charge on any atom is -0.306 e. The number of hydrogen-bond acceptors (Lipinski definition) is 6. The Labute approximate surface area is 103 Å². The van der Waals surface area contributed by atoms with Gasteiger partial charge in [0.2, 0.25) is 0 Å². The van der Waals surface area contributed by atoms with E-state index in [2.05, 4.69) is 25.4 Å². The van der Waals surface area contributed by atoms with Gasteiger partial charge in [-0.3, -0.25) is 4.57 Å². The van der Waals surface area contributed by atoms with Crippen LogP contribution in [0.25, 0.3) is 17.0 Å². The van der Waals surface area contributed by atoms with Gasteiger partial charge in [0.15, 0.2) is 17.0 Å². The number of nitrogens with zero attached hydrogens (tertiary/aromatic N) is 5. The fourth-order valence-corrected chi connectivity index (χ4v) is 1.76. The van der Waals surface area contributed by atoms with E-state index in [0.717, 1.165) is 11.4 Å². The van der Waals surface area contributed by atoms with Crippen LogP contribution in [0.5, 0.6) is 0 Å². The van der Waals surface area contributed by atoms with Crippen molar-refractivity contribution in [1.29, 1.82) is 0 Å². The highest BCUT2D eigenvalue weighted by atomic mass is 15.3. The van der Waals surface area contributed by atoms with Crippen molar-refractivity contribution in [3.05, 3.63) is 36.5 Å². The van der Waals surface area contributed by atoms with Crippen molar-refractivity contribution in [2.75, 3.05) is 5.43 Å². The Hall–Kier alpha value is -2.54. The largest absolute Gasteiger partial charge is 0.306 e. The third-order valence-electron chi connectivity index (χ3n) is 2.62. The van der Waals surface area contributed by atoms with Crippen LogP contribution in [0, 0.1) is 6.92 Å². The van der Waals surface area contributed by atoms with E-state index in [1.54, 1.807) is 17.1 Å². The molecular formula is C11H11N7. The second-order valence-corrected chi connectivity index (χ2v) is 3.84. The van der Waals surface area contributed by atoms with Gasteiger partial charge in [-0.1, -0.05) is 0 Å². The van der Waals surface area contributed by atoms with Gasteiger partial charge in [0.25, 0.3) is 0 Å². The summed E-state index contributed by atoms with van der Waals surface area (Å²) in [7, 11) is 0. The number of anilines is 1. The Morgan fingerprint density at radius 1 is 1.22 bits per heavy atom. The second-order valence-electron chi connectivity index (χ2n) is 3.84. The maximum atomic E-state index is 5.38. The number of hydrogen-bond donors (Lipinski definition) is 2. The van der Waals surface area contributed by atoms with Gasteiger partial charge in [-0.25, -0.2) is 25.8 Å². The first-order valence-electron chi connectivity index (χ1n) is 5.37. The first-order valence-corrected chi connectivity index (χ1v) is 5.37. The molecule has 0 amide bonds. The van der Waals surface area contributed by atoms with Gasteiger partial charge < -0.3 is 5.43 Å². The van der Waals surface area contributed by atoms with Crippen molar-refractivity contribution in [2.45, 2.75) is 6.92 Å². The first-order chi connectivity index (χ1) is 8.79. The molecule has 0 fully saturated rings. The van der Waals surface area contributed by atoms with Crippen LogP contribution in [0.3, 0.4) is 0 Å². The number of fused-ring (bicyclic) bond motifs is 1. The number of imidazole rings is 1. The number of pyridine rings is 1. The van der Waals surface area contributed by atoms with Crippen molar-refractivity contribution >= 4 is 17.0 Å². The molecule has 0 unspecified atom stereocenters. The summed E-state index contributed by atoms with van der Waals surface area (Å²) in [6.07, 6.45) is 4.84. The minimum absolute atomic E-state index is 0.492. The Morgan fingerprint density at radius 2 is 2.11 bits per heavy atom. The van der Waals surface area contributed by atoms with Crippen LogP contribution in [0.1, 0.15) is 5.56 Å². The van der Waals surface area contributed by atoms with Gasteiger partial charge in [0, 0.05) is 6.20 Å². The molecule has 3 N–H and O–H groups in total. The van der Waals surface area contributed by atoms with Gasteiger partial charge in [-0.15, -0.1) is 0 Å². The SMILES string of the molecule is Cc1ccnc(-n2cnc3c(NN)ncnc32)c1. The summed E-state index contributed by atoms with van der Waals surface area (Å²) in [6.45, 7) is 2.01. The molecule has 0 aliphatic carbocycles. The number of hydrazine groups is 1. The molecule has 3 aromatic rings. The smallest absolute Gasteiger partial charge is 0.171 e. The van der Waals surface area contributed by atoms with E-state index in [1.807, 2.05) is 19.1 Å². The highest BCUT2D eigenvalue weighted by Crippen LogP contribution is 2.19. The lowest BCUT2D eigenvalue weighted by Gasteiger charge is -2.03. The van der Waals surface area contributed by atoms with E-state index in [0.29, 0.717) is 17.0 Å². The highest BCUT2D eigenvalue weighted by Gasteiger charge is 2.10. The number of nitrogens with one attached hydrogen (secondary N) is 1. The zero-order valence-electron chi connectivity index (χ0n) is 9.70. The van der Waals surface area contributed by atoms with E-state index in [1.165, 1.54) is 6.33 Å². The molecule has 0 atom stereocenters. The molecule has 3 rings (SSSR count). The van der Waals surface area contributed by atoms with E-state index in [4.69, 9.17) is 5.84 Å². The molecule has 7 heteroatoms. The lowest BCUT2D eigenvalue weighted by atomic mass is 10.3. The topological polar surface area (TPSA) is 94.5 Å². The van der Waals surface area contributed by atoms with E-state index < -0.39 is 0 Å². The molecule has 0 radical (unpaired) electrons. The molecule has 0 spiro atoms. The minimum atomic E-state index is 0.492. The van der Waals surface area contributed by atoms with Gasteiger partial charge in [0.1, 0.15) is 18.5 Å². The monoisotopic (exact) mass is 241 g/mol. The van der Waals surface area contributed by atoms with Crippen molar-refractivity contribution < 1.29 is 0 Å². The van der Waals surface area contributed by atoms with Gasteiger partial charge in [-0.2, -0.15) is 0 Å². The summed E-state index contributed by atoms with van der Waals surface area (Å²) in [5.74, 6) is 6.64. The zero-order chi connectivity index (χ0) is 12.5. The standard InChI is InChI=1S/C11H11N7/c1-7-2-3-13-8(4-7)18-6-16-9-10(17-12)14-5-15-11(9)18/h2-6H,12H2,1H3,(H,14,15,17). The summed E-state index contributed by atoms with van der Waals surface area (Å²) in [4.78, 5) is 16.8. The lowest BCUT2D eigenvalue weighted by Crippen LogP contribution is -2.09. The van der Waals surface area contributed by atoms with Gasteiger partial charge >= 0.3 is 0 Å². The number of nitrogen functional groups attached to an aromatic ring is 1. The van der Waals surface area contributed by atoms with Crippen molar-refractivity contribution in [2.24, 2.45) is 5.84 Å². The van der Waals surface area contributed by atoms with Crippen molar-refractivity contribution in [3.63, 3.8) is 0 Å². The predicted molar refractivity (Wildman–Crippen MR) is 67.0 cm³/mol. The quantitative estimate of drug-likeness (QED) is 0.509. The molecular weight excluding hydrogens is 230 g/mol. The Morgan fingerprint density at radius 3 is 2.89 bits per heavy atom. The third kappa shape index (κ3) is 1.57. The Balaban J connectivity index is 2.25. The third-order valence-corrected chi connectivity index (χ3v) is 2.62. The average molecular weight is 241 g/mol. The molecule has 0 aliphatic heterocycles. The molecule has 3 aromatic heterocycles. The molecule has 3 heterocycles. The molecule has 18 heavy (non-hydrogen) atoms. The molecule has 0 bridgehead atoms. The zero-order valence-corrected chi connectivity index (χ0v) is 9.70. The summed E-state index contributed by atoms with van der Waals surface area (Å²) < 4.78 is 1.80. The van der Waals surface area contributed by atoms with Crippen LogP contribution >= 0.6 is 0 Å². The number of nitrogens with two attached hydrogens (primary N) is 1. The highest BCUT2D eigenvalue weighted by molar-refractivity contribution is 5.83. The van der Waals surface area contributed by atoms with E-state index >= 15 is 0 Å². The van der Waals surface area contributed by atoms with Crippen LogP contribution in [0.2, 0.25) is 0 Å². The average Bonchev–Trinajstić information content (AvgIpc) is 2.82. The number of aromatic nitrogens is 5. The van der Waals surface area contributed by atoms with Crippen molar-refractivity contribution in [3.8, 4) is 5.82 Å². The van der Waals surface area contributed by atoms with Crippen LogP contribution < -0.4 is 11.3 Å². The lowest BCUT2D eigenvalue weighted by molar-refractivity contribution is 0.996. The fourth-order valence-electron chi connectivity index (χ4n) is 1.76. The van der Waals surface area contributed by atoms with E-state index in [-0.39, 0.29) is 0 Å². The summed E-state index contributed by atoms with van der Waals surface area (Å²) in [6, 6.07) is 3.89. The van der Waals surface area contributed by atoms with E-state index in [9.17, 15) is 0 Å². The molecule has 0 aromatic carbocycles. The molecule has 0 saturated heterocycles. The molecule has 7 nitrogen and oxygen atoms in total.